The highest BCUT2D eigenvalue weighted by Crippen LogP contribution is 2.19. The van der Waals surface area contributed by atoms with Gasteiger partial charge in [0.2, 0.25) is 0 Å². The van der Waals surface area contributed by atoms with E-state index >= 15 is 0 Å². The van der Waals surface area contributed by atoms with Gasteiger partial charge in [-0.25, -0.2) is 4.39 Å². The molecule has 0 bridgehead atoms. The van der Waals surface area contributed by atoms with Gasteiger partial charge in [0.15, 0.2) is 6.34 Å². The van der Waals surface area contributed by atoms with Gasteiger partial charge in [-0.1, -0.05) is 0 Å². The first-order valence-electron chi connectivity index (χ1n) is 3.13. The Morgan fingerprint density at radius 3 is 2.50 bits per heavy atom. The Morgan fingerprint density at radius 2 is 2.08 bits per heavy atom. The summed E-state index contributed by atoms with van der Waals surface area (Å²) in [5.41, 5.74) is 0. The summed E-state index contributed by atoms with van der Waals surface area (Å²) in [5.74, 6) is 0. The fourth-order valence-corrected chi connectivity index (χ4v) is 0.706. The Labute approximate surface area is 66.9 Å². The Kier molecular flexibility index (Phi) is 2.54. The first-order valence-corrected chi connectivity index (χ1v) is 3.13. The molecule has 0 aromatic carbocycles. The molecule has 0 saturated heterocycles. The largest absolute Gasteiger partial charge is 0.406 e. The smallest absolute Gasteiger partial charge is 0.332 e. The summed E-state index contributed by atoms with van der Waals surface area (Å²) >= 11 is 0. The molecule has 67 valence electrons. The van der Waals surface area contributed by atoms with Crippen molar-refractivity contribution in [3.63, 3.8) is 0 Å². The average molecular weight is 181 g/mol. The molecule has 1 heterocycles. The second-order valence-corrected chi connectivity index (χ2v) is 2.23. The van der Waals surface area contributed by atoms with Gasteiger partial charge in [-0.3, -0.25) is 4.99 Å². The predicted molar refractivity (Wildman–Crippen MR) is 33.2 cm³/mol. The van der Waals surface area contributed by atoms with Gasteiger partial charge in [-0.05, 0) is 0 Å². The van der Waals surface area contributed by atoms with Crippen LogP contribution >= 0.6 is 0 Å². The zero-order valence-corrected chi connectivity index (χ0v) is 5.90. The monoisotopic (exact) mass is 181 g/mol. The van der Waals surface area contributed by atoms with Gasteiger partial charge in [-0.2, -0.15) is 13.2 Å². The lowest BCUT2D eigenvalue weighted by Gasteiger charge is -2.14. The number of nitrogens with zero attached hydrogens (tertiary/aromatic N) is 2. The molecule has 0 aromatic heterocycles. The van der Waals surface area contributed by atoms with Gasteiger partial charge < -0.3 is 4.90 Å². The van der Waals surface area contributed by atoms with Gasteiger partial charge in [0.25, 0.3) is 0 Å². The number of hydrogen-bond acceptors (Lipinski definition) is 2. The zero-order chi connectivity index (χ0) is 9.19. The quantitative estimate of drug-likeness (QED) is 0.583. The SMILES string of the molecule is FCC1[C]N(CC(F)(F)F)[C]=N1. The molecule has 6 heteroatoms. The third-order valence-corrected chi connectivity index (χ3v) is 1.12. The fraction of sp³-hybridized carbons (Fsp3) is 0.667. The number of rotatable bonds is 2. The van der Waals surface area contributed by atoms with Crippen molar-refractivity contribution in [2.45, 2.75) is 12.2 Å². The van der Waals surface area contributed by atoms with E-state index in [0.717, 1.165) is 0 Å². The van der Waals surface area contributed by atoms with Crippen LogP contribution in [0.5, 0.6) is 0 Å². The highest BCUT2D eigenvalue weighted by molar-refractivity contribution is 5.59. The molecule has 0 spiro atoms. The molecule has 0 aromatic rings. The van der Waals surface area contributed by atoms with Crippen LogP contribution in [0.25, 0.3) is 0 Å². The normalized spacial score (nSPS) is 23.7. The minimum atomic E-state index is -4.33. The van der Waals surface area contributed by atoms with E-state index in [9.17, 15) is 17.6 Å². The van der Waals surface area contributed by atoms with Gasteiger partial charge in [0.1, 0.15) is 25.8 Å². The Balaban J connectivity index is 2.34. The van der Waals surface area contributed by atoms with Crippen molar-refractivity contribution in [1.29, 1.82) is 0 Å². The summed E-state index contributed by atoms with van der Waals surface area (Å²) in [5, 5.41) is 0. The molecule has 12 heavy (non-hydrogen) atoms. The van der Waals surface area contributed by atoms with E-state index in [2.05, 4.69) is 11.5 Å². The zero-order valence-electron chi connectivity index (χ0n) is 5.90. The van der Waals surface area contributed by atoms with Gasteiger partial charge >= 0.3 is 6.18 Å². The Morgan fingerprint density at radius 1 is 1.42 bits per heavy atom. The van der Waals surface area contributed by atoms with Gasteiger partial charge in [0, 0.05) is 0 Å². The van der Waals surface area contributed by atoms with Crippen molar-refractivity contribution in [3.05, 3.63) is 6.54 Å². The van der Waals surface area contributed by atoms with Crippen molar-refractivity contribution in [2.24, 2.45) is 4.99 Å². The molecule has 0 N–H and O–H groups in total. The van der Waals surface area contributed by atoms with E-state index in [1.165, 1.54) is 0 Å². The summed E-state index contributed by atoms with van der Waals surface area (Å²) in [7, 11) is 0. The van der Waals surface area contributed by atoms with Crippen molar-refractivity contribution < 1.29 is 17.6 Å². The molecule has 0 saturated carbocycles. The number of alkyl halides is 4. The molecule has 3 radical (unpaired) electrons. The molecular weight excluding hydrogens is 176 g/mol. The van der Waals surface area contributed by atoms with Crippen molar-refractivity contribution >= 4 is 6.34 Å². The Bertz CT molecular complexity index is 177. The number of hydrogen-bond donors (Lipinski definition) is 0. The minimum Gasteiger partial charge on any atom is -0.332 e. The highest BCUT2D eigenvalue weighted by Gasteiger charge is 2.33. The third-order valence-electron chi connectivity index (χ3n) is 1.12. The first-order chi connectivity index (χ1) is 5.51. The minimum absolute atomic E-state index is 0.588. The molecule has 1 rings (SSSR count). The first kappa shape index (κ1) is 9.28. The van der Waals surface area contributed by atoms with Gasteiger partial charge in [-0.15, -0.1) is 0 Å². The summed E-state index contributed by atoms with van der Waals surface area (Å²) in [4.78, 5) is 3.90. The molecule has 1 aliphatic heterocycles. The van der Waals surface area contributed by atoms with E-state index < -0.39 is 25.4 Å². The van der Waals surface area contributed by atoms with Gasteiger partial charge in [0.05, 0.1) is 0 Å². The summed E-state index contributed by atoms with van der Waals surface area (Å²) in [6, 6.07) is -0.924. The van der Waals surface area contributed by atoms with Crippen LogP contribution < -0.4 is 0 Å². The third kappa shape index (κ3) is 2.67. The van der Waals surface area contributed by atoms with E-state index in [0.29, 0.717) is 4.90 Å². The van der Waals surface area contributed by atoms with Crippen LogP contribution in [-0.2, 0) is 0 Å². The predicted octanol–water partition coefficient (Wildman–Crippen LogP) is 1.15. The molecule has 0 aliphatic carbocycles. The van der Waals surface area contributed by atoms with E-state index in [1.54, 1.807) is 0 Å². The lowest BCUT2D eigenvalue weighted by Crippen LogP contribution is -2.30. The van der Waals surface area contributed by atoms with Crippen molar-refractivity contribution in [2.75, 3.05) is 13.2 Å². The van der Waals surface area contributed by atoms with Crippen molar-refractivity contribution in [3.8, 4) is 0 Å². The molecule has 0 amide bonds. The maximum absolute atomic E-state index is 11.8. The van der Waals surface area contributed by atoms with Crippen LogP contribution in [0.2, 0.25) is 0 Å². The van der Waals surface area contributed by atoms with Crippen LogP contribution in [-0.4, -0.2) is 36.7 Å². The van der Waals surface area contributed by atoms with Crippen molar-refractivity contribution in [1.82, 2.24) is 4.90 Å². The molecule has 2 nitrogen and oxygen atoms in total. The van der Waals surface area contributed by atoms with Crippen LogP contribution in [0, 0.1) is 6.54 Å². The van der Waals surface area contributed by atoms with E-state index in [1.807, 2.05) is 6.34 Å². The Hall–Kier alpha value is -0.810. The lowest BCUT2D eigenvalue weighted by molar-refractivity contribution is -0.134. The standard InChI is InChI=1S/C6H5F4N2/c7-1-5-2-12(4-11-5)3-6(8,9)10/h5H,1,3H2. The van der Waals surface area contributed by atoms with Crippen LogP contribution in [0.4, 0.5) is 17.6 Å². The summed E-state index contributed by atoms with van der Waals surface area (Å²) in [6.45, 7) is 0.0966. The van der Waals surface area contributed by atoms with E-state index in [4.69, 9.17) is 0 Å². The summed E-state index contributed by atoms with van der Waals surface area (Å²) < 4.78 is 46.8. The van der Waals surface area contributed by atoms with Crippen LogP contribution in [0.3, 0.4) is 0 Å². The lowest BCUT2D eigenvalue weighted by atomic mass is 10.3. The molecule has 1 aliphatic rings. The second kappa shape index (κ2) is 3.28. The highest BCUT2D eigenvalue weighted by atomic mass is 19.4. The number of aliphatic imine (C=N–C) groups is 1. The second-order valence-electron chi connectivity index (χ2n) is 2.23. The maximum atomic E-state index is 11.8. The average Bonchev–Trinajstić information content (AvgIpc) is 2.32. The van der Waals surface area contributed by atoms with Crippen LogP contribution in [0.1, 0.15) is 0 Å². The topological polar surface area (TPSA) is 15.6 Å². The summed E-state index contributed by atoms with van der Waals surface area (Å²) in [6.07, 6.45) is -2.33. The van der Waals surface area contributed by atoms with Crippen LogP contribution in [0.15, 0.2) is 4.99 Å². The maximum Gasteiger partial charge on any atom is 0.406 e. The van der Waals surface area contributed by atoms with E-state index in [-0.39, 0.29) is 0 Å². The molecular formula is C6H5F4N2. The molecule has 1 atom stereocenters. The fourth-order valence-electron chi connectivity index (χ4n) is 0.706. The number of halogens is 4. The molecule has 0 fully saturated rings. The molecule has 1 unspecified atom stereocenters.